The molecule has 0 saturated heterocycles. The van der Waals surface area contributed by atoms with Gasteiger partial charge in [-0.15, -0.1) is 0 Å². The number of halogens is 4. The fourth-order valence-corrected chi connectivity index (χ4v) is 8.44. The fourth-order valence-electron chi connectivity index (χ4n) is 7.39. The van der Waals surface area contributed by atoms with Crippen LogP contribution in [0.15, 0.2) is 115 Å². The van der Waals surface area contributed by atoms with Crippen molar-refractivity contribution in [2.24, 2.45) is 0 Å². The molecular formula is C42H34Br4. The average molecular weight is 858 g/mol. The van der Waals surface area contributed by atoms with E-state index in [0.717, 1.165) is 17.9 Å². The molecule has 6 rings (SSSR count). The van der Waals surface area contributed by atoms with Crippen LogP contribution in [0.5, 0.6) is 0 Å². The molecule has 0 radical (unpaired) electrons. The number of hydrogen-bond donors (Lipinski definition) is 0. The molecular weight excluding hydrogens is 824 g/mol. The molecule has 0 fully saturated rings. The number of benzene rings is 6. The van der Waals surface area contributed by atoms with Gasteiger partial charge in [0.2, 0.25) is 0 Å². The number of rotatable bonds is 5. The first-order chi connectivity index (χ1) is 22.0. The highest BCUT2D eigenvalue weighted by molar-refractivity contribution is 9.11. The summed E-state index contributed by atoms with van der Waals surface area (Å²) in [5.74, 6) is 0. The minimum atomic E-state index is 1.08. The molecule has 0 aliphatic rings. The molecule has 0 bridgehead atoms. The van der Waals surface area contributed by atoms with Crippen molar-refractivity contribution in [3.8, 4) is 55.6 Å². The van der Waals surface area contributed by atoms with E-state index in [1.807, 2.05) is 0 Å². The van der Waals surface area contributed by atoms with Gasteiger partial charge in [0.05, 0.1) is 0 Å². The van der Waals surface area contributed by atoms with Gasteiger partial charge in [0.15, 0.2) is 0 Å². The molecule has 0 atom stereocenters. The van der Waals surface area contributed by atoms with Crippen molar-refractivity contribution in [3.63, 3.8) is 0 Å². The summed E-state index contributed by atoms with van der Waals surface area (Å²) in [6.45, 7) is 13.8. The minimum absolute atomic E-state index is 1.08. The second-order valence-corrected chi connectivity index (χ2v) is 15.7. The Balaban J connectivity index is 1.79. The highest BCUT2D eigenvalue weighted by Gasteiger charge is 2.26. The van der Waals surface area contributed by atoms with Crippen molar-refractivity contribution in [3.05, 3.63) is 148 Å². The van der Waals surface area contributed by atoms with E-state index < -0.39 is 0 Å². The topological polar surface area (TPSA) is 0 Å². The summed E-state index contributed by atoms with van der Waals surface area (Å²) in [5, 5.41) is 0. The molecule has 0 aliphatic heterocycles. The highest BCUT2D eigenvalue weighted by atomic mass is 79.9. The van der Waals surface area contributed by atoms with Crippen LogP contribution in [-0.2, 0) is 0 Å². The molecule has 0 saturated carbocycles. The van der Waals surface area contributed by atoms with Crippen LogP contribution in [0.3, 0.4) is 0 Å². The molecule has 0 amide bonds. The molecule has 6 aromatic rings. The first-order valence-corrected chi connectivity index (χ1v) is 18.5. The van der Waals surface area contributed by atoms with E-state index in [0.29, 0.717) is 0 Å². The third kappa shape index (κ3) is 6.03. The molecule has 0 aromatic heterocycles. The lowest BCUT2D eigenvalue weighted by Crippen LogP contribution is -2.06. The smallest absolute Gasteiger partial charge is 0.0175 e. The molecule has 4 heteroatoms. The summed E-state index contributed by atoms with van der Waals surface area (Å²) in [4.78, 5) is 0. The van der Waals surface area contributed by atoms with Crippen molar-refractivity contribution in [1.29, 1.82) is 0 Å². The van der Waals surface area contributed by atoms with Crippen molar-refractivity contribution in [2.75, 3.05) is 0 Å². The van der Waals surface area contributed by atoms with Crippen LogP contribution >= 0.6 is 63.7 Å². The third-order valence-electron chi connectivity index (χ3n) is 9.28. The van der Waals surface area contributed by atoms with Crippen LogP contribution in [0, 0.1) is 41.5 Å². The molecule has 0 nitrogen and oxygen atoms in total. The van der Waals surface area contributed by atoms with Crippen LogP contribution in [0.4, 0.5) is 0 Å². The van der Waals surface area contributed by atoms with Crippen LogP contribution in [0.2, 0.25) is 0 Å². The summed E-state index contributed by atoms with van der Waals surface area (Å²) >= 11 is 14.6. The van der Waals surface area contributed by atoms with Gasteiger partial charge >= 0.3 is 0 Å². The molecule has 6 aromatic carbocycles. The standard InChI is InChI=1S/C42H34Br4/c1-23-37(29-7-15-33(43)16-8-29)25(3)41(26(4)38(23)30-9-17-34(44)18-10-30)42-27(5)39(31-11-19-35(45)20-12-31)24(2)40(28(42)6)32-13-21-36(46)22-14-32/h7-22H,1-6H3. The normalized spacial score (nSPS) is 11.3. The zero-order valence-electron chi connectivity index (χ0n) is 26.7. The predicted octanol–water partition coefficient (Wildman–Crippen LogP) is 14.9. The summed E-state index contributed by atoms with van der Waals surface area (Å²) in [6.07, 6.45) is 0. The maximum absolute atomic E-state index is 3.66. The lowest BCUT2D eigenvalue weighted by molar-refractivity contribution is 1.27. The Kier molecular flexibility index (Phi) is 9.65. The zero-order chi connectivity index (χ0) is 32.9. The van der Waals surface area contributed by atoms with Gasteiger partial charge in [0, 0.05) is 17.9 Å². The zero-order valence-corrected chi connectivity index (χ0v) is 33.1. The van der Waals surface area contributed by atoms with Gasteiger partial charge in [-0.05, 0) is 179 Å². The van der Waals surface area contributed by atoms with Gasteiger partial charge in [0.1, 0.15) is 0 Å². The van der Waals surface area contributed by atoms with Gasteiger partial charge in [-0.2, -0.15) is 0 Å². The van der Waals surface area contributed by atoms with E-state index in [1.54, 1.807) is 0 Å². The Bertz CT molecular complexity index is 1790. The fraction of sp³-hybridized carbons (Fsp3) is 0.143. The number of hydrogen-bond acceptors (Lipinski definition) is 0. The molecule has 0 unspecified atom stereocenters. The second-order valence-electron chi connectivity index (χ2n) is 12.0. The highest BCUT2D eigenvalue weighted by Crippen LogP contribution is 2.50. The van der Waals surface area contributed by atoms with Crippen molar-refractivity contribution in [2.45, 2.75) is 41.5 Å². The Morgan fingerprint density at radius 3 is 0.565 bits per heavy atom. The Morgan fingerprint density at radius 1 is 0.239 bits per heavy atom. The van der Waals surface area contributed by atoms with Gasteiger partial charge < -0.3 is 0 Å². The monoisotopic (exact) mass is 854 g/mol. The van der Waals surface area contributed by atoms with Gasteiger partial charge in [0.25, 0.3) is 0 Å². The minimum Gasteiger partial charge on any atom is -0.0532 e. The van der Waals surface area contributed by atoms with Crippen molar-refractivity contribution >= 4 is 63.7 Å². The lowest BCUT2D eigenvalue weighted by atomic mass is 9.75. The molecule has 0 spiro atoms. The van der Waals surface area contributed by atoms with E-state index in [2.05, 4.69) is 202 Å². The Morgan fingerprint density at radius 2 is 0.391 bits per heavy atom. The predicted molar refractivity (Wildman–Crippen MR) is 213 cm³/mol. The average Bonchev–Trinajstić information content (AvgIpc) is 3.02. The van der Waals surface area contributed by atoms with E-state index >= 15 is 0 Å². The lowest BCUT2D eigenvalue weighted by Gasteiger charge is -2.28. The summed E-state index contributed by atoms with van der Waals surface area (Å²) in [6, 6.07) is 35.0. The van der Waals surface area contributed by atoms with Gasteiger partial charge in [-0.3, -0.25) is 0 Å². The van der Waals surface area contributed by atoms with Crippen LogP contribution < -0.4 is 0 Å². The van der Waals surface area contributed by atoms with E-state index in [4.69, 9.17) is 0 Å². The SMILES string of the molecule is Cc1c(-c2ccc(Br)cc2)c(C)c(-c2c(C)c(-c3ccc(Br)cc3)c(C)c(-c3ccc(Br)cc3)c2C)c(C)c1-c1ccc(Br)cc1. The van der Waals surface area contributed by atoms with Crippen molar-refractivity contribution < 1.29 is 0 Å². The first-order valence-electron chi connectivity index (χ1n) is 15.3. The summed E-state index contributed by atoms with van der Waals surface area (Å²) < 4.78 is 4.32. The molecule has 230 valence electrons. The third-order valence-corrected chi connectivity index (χ3v) is 11.4. The second kappa shape index (κ2) is 13.4. The van der Waals surface area contributed by atoms with Crippen LogP contribution in [0.1, 0.15) is 33.4 Å². The summed E-state index contributed by atoms with van der Waals surface area (Å²) in [5.41, 5.74) is 20.5. The quantitative estimate of drug-likeness (QED) is 0.162. The maximum Gasteiger partial charge on any atom is 0.0175 e. The van der Waals surface area contributed by atoms with Crippen LogP contribution in [-0.4, -0.2) is 0 Å². The molecule has 0 heterocycles. The molecule has 0 N–H and O–H groups in total. The van der Waals surface area contributed by atoms with Gasteiger partial charge in [-0.1, -0.05) is 112 Å². The Labute approximate surface area is 306 Å². The summed E-state index contributed by atoms with van der Waals surface area (Å²) in [7, 11) is 0. The largest absolute Gasteiger partial charge is 0.0532 e. The molecule has 0 aliphatic carbocycles. The van der Waals surface area contributed by atoms with Crippen molar-refractivity contribution in [1.82, 2.24) is 0 Å². The van der Waals surface area contributed by atoms with E-state index in [9.17, 15) is 0 Å². The van der Waals surface area contributed by atoms with Crippen LogP contribution in [0.25, 0.3) is 55.6 Å². The maximum atomic E-state index is 3.66. The Hall–Kier alpha value is -2.76. The van der Waals surface area contributed by atoms with E-state index in [-0.39, 0.29) is 0 Å². The first kappa shape index (κ1) is 33.2. The van der Waals surface area contributed by atoms with E-state index in [1.165, 1.54) is 89.0 Å². The molecule has 46 heavy (non-hydrogen) atoms. The van der Waals surface area contributed by atoms with Gasteiger partial charge in [-0.25, -0.2) is 0 Å².